The number of anilines is 2. The van der Waals surface area contributed by atoms with Crippen LogP contribution >= 0.6 is 0 Å². The highest BCUT2D eigenvalue weighted by Gasteiger charge is 2.40. The van der Waals surface area contributed by atoms with Crippen molar-refractivity contribution in [2.45, 2.75) is 76.5 Å². The van der Waals surface area contributed by atoms with Crippen molar-refractivity contribution in [1.29, 1.82) is 0 Å². The minimum atomic E-state index is 0.0392. The first-order valence-corrected chi connectivity index (χ1v) is 15.3. The van der Waals surface area contributed by atoms with Gasteiger partial charge in [0, 0.05) is 49.5 Å². The van der Waals surface area contributed by atoms with E-state index in [1.165, 1.54) is 55.5 Å². The first kappa shape index (κ1) is 26.3. The minimum Gasteiger partial charge on any atom is -0.359 e. The summed E-state index contributed by atoms with van der Waals surface area (Å²) in [4.78, 5) is 23.2. The SMILES string of the molecule is C=C1[C@@H](C)N(C2CCCC2)c2cc(-c3cc(C(=O)N4CC5CCC(C4)N5C)nn3-c3ccc(C)cc3)ccc2N1C. The fourth-order valence-electron chi connectivity index (χ4n) is 7.69. The van der Waals surface area contributed by atoms with Crippen LogP contribution in [-0.4, -0.2) is 76.8 Å². The predicted molar refractivity (Wildman–Crippen MR) is 166 cm³/mol. The summed E-state index contributed by atoms with van der Waals surface area (Å²) in [5, 5.41) is 4.98. The third-order valence-electron chi connectivity index (χ3n) is 10.3. The van der Waals surface area contributed by atoms with Crippen LogP contribution in [0.4, 0.5) is 11.4 Å². The molecule has 41 heavy (non-hydrogen) atoms. The Balaban J connectivity index is 1.31. The Morgan fingerprint density at radius 2 is 1.56 bits per heavy atom. The number of piperazine rings is 1. The van der Waals surface area contributed by atoms with Crippen LogP contribution in [0.2, 0.25) is 0 Å². The summed E-state index contributed by atoms with van der Waals surface area (Å²) in [5.74, 6) is 0.0392. The number of likely N-dealkylation sites (tertiary alicyclic amines) is 1. The van der Waals surface area contributed by atoms with Crippen molar-refractivity contribution < 1.29 is 4.79 Å². The van der Waals surface area contributed by atoms with Gasteiger partial charge in [-0.1, -0.05) is 43.2 Å². The zero-order chi connectivity index (χ0) is 28.4. The van der Waals surface area contributed by atoms with E-state index in [-0.39, 0.29) is 11.9 Å². The summed E-state index contributed by atoms with van der Waals surface area (Å²) in [6.07, 6.45) is 7.34. The van der Waals surface area contributed by atoms with Gasteiger partial charge in [-0.05, 0) is 76.9 Å². The number of carbonyl (C=O) groups excluding carboxylic acids is 1. The number of nitrogens with zero attached hydrogens (tertiary/aromatic N) is 6. The van der Waals surface area contributed by atoms with E-state index in [4.69, 9.17) is 5.10 Å². The summed E-state index contributed by atoms with van der Waals surface area (Å²) in [7, 11) is 4.33. The van der Waals surface area contributed by atoms with Crippen molar-refractivity contribution in [2.75, 3.05) is 37.0 Å². The molecule has 1 aromatic heterocycles. The van der Waals surface area contributed by atoms with E-state index in [1.807, 2.05) is 15.6 Å². The Bertz CT molecular complexity index is 1470. The van der Waals surface area contributed by atoms with Gasteiger partial charge in [0.2, 0.25) is 0 Å². The normalized spacial score (nSPS) is 24.8. The molecule has 2 saturated heterocycles. The molecule has 2 aromatic carbocycles. The van der Waals surface area contributed by atoms with Gasteiger partial charge in [0.1, 0.15) is 0 Å². The molecular formula is C34H42N6O. The Morgan fingerprint density at radius 1 is 0.878 bits per heavy atom. The molecule has 3 aliphatic heterocycles. The molecule has 3 fully saturated rings. The Morgan fingerprint density at radius 3 is 2.24 bits per heavy atom. The highest BCUT2D eigenvalue weighted by molar-refractivity contribution is 5.94. The lowest BCUT2D eigenvalue weighted by atomic mass is 9.99. The topological polar surface area (TPSA) is 47.9 Å². The molecule has 4 heterocycles. The summed E-state index contributed by atoms with van der Waals surface area (Å²) < 4.78 is 1.97. The molecule has 1 saturated carbocycles. The molecule has 2 unspecified atom stereocenters. The number of rotatable bonds is 4. The van der Waals surface area contributed by atoms with Crippen molar-refractivity contribution >= 4 is 17.3 Å². The third kappa shape index (κ3) is 4.37. The molecular weight excluding hydrogens is 508 g/mol. The van der Waals surface area contributed by atoms with E-state index in [2.05, 4.69) is 91.7 Å². The van der Waals surface area contributed by atoms with Gasteiger partial charge in [-0.25, -0.2) is 4.68 Å². The van der Waals surface area contributed by atoms with Crippen molar-refractivity contribution in [3.63, 3.8) is 0 Å². The Labute approximate surface area is 244 Å². The van der Waals surface area contributed by atoms with Crippen LogP contribution in [0.5, 0.6) is 0 Å². The highest BCUT2D eigenvalue weighted by atomic mass is 16.2. The maximum absolute atomic E-state index is 13.9. The van der Waals surface area contributed by atoms with E-state index in [0.29, 0.717) is 23.8 Å². The van der Waals surface area contributed by atoms with Gasteiger partial charge in [0.15, 0.2) is 5.69 Å². The summed E-state index contributed by atoms with van der Waals surface area (Å²) in [6.45, 7) is 10.4. The van der Waals surface area contributed by atoms with E-state index in [1.54, 1.807) is 0 Å². The number of benzene rings is 2. The zero-order valence-corrected chi connectivity index (χ0v) is 24.9. The molecule has 0 N–H and O–H groups in total. The maximum Gasteiger partial charge on any atom is 0.274 e. The van der Waals surface area contributed by atoms with Crippen molar-refractivity contribution in [1.82, 2.24) is 19.6 Å². The van der Waals surface area contributed by atoms with Crippen LogP contribution in [0.1, 0.15) is 61.5 Å². The highest BCUT2D eigenvalue weighted by Crippen LogP contribution is 2.45. The van der Waals surface area contributed by atoms with Gasteiger partial charge in [-0.15, -0.1) is 0 Å². The lowest BCUT2D eigenvalue weighted by Crippen LogP contribution is -2.53. The zero-order valence-electron chi connectivity index (χ0n) is 24.9. The number of likely N-dealkylation sites (N-methyl/N-ethyl adjacent to an activating group) is 2. The van der Waals surface area contributed by atoms with Crippen molar-refractivity contribution in [3.05, 3.63) is 72.1 Å². The van der Waals surface area contributed by atoms with Crippen LogP contribution in [0.3, 0.4) is 0 Å². The quantitative estimate of drug-likeness (QED) is 0.407. The molecule has 0 radical (unpaired) electrons. The lowest BCUT2D eigenvalue weighted by Gasteiger charge is -2.46. The molecule has 7 heteroatoms. The molecule has 7 nitrogen and oxygen atoms in total. The van der Waals surface area contributed by atoms with Gasteiger partial charge >= 0.3 is 0 Å². The molecule has 1 amide bonds. The molecule has 0 spiro atoms. The molecule has 4 aliphatic rings. The van der Waals surface area contributed by atoms with Gasteiger partial charge in [0.25, 0.3) is 5.91 Å². The fourth-order valence-corrected chi connectivity index (χ4v) is 7.69. The molecule has 2 bridgehead atoms. The van der Waals surface area contributed by atoms with Crippen LogP contribution in [0.15, 0.2) is 60.8 Å². The van der Waals surface area contributed by atoms with E-state index < -0.39 is 0 Å². The number of amides is 1. The molecule has 3 aromatic rings. The standard InChI is InChI=1S/C34H42N6O/c1-22-10-13-27(14-11-22)40-32(19-30(35-40)34(41)38-20-28-15-16-29(21-38)37(28)5)25-12-17-31-33(18-25)39(26-8-6-7-9-26)24(3)23(2)36(31)4/h10-14,17-19,24,26,28-29H,2,6-9,15-16,20-21H2,1,3-5H3/t24-,28?,29?/m1/s1. The van der Waals surface area contributed by atoms with Crippen LogP contribution in [0.25, 0.3) is 16.9 Å². The van der Waals surface area contributed by atoms with Crippen LogP contribution in [0, 0.1) is 6.92 Å². The largest absolute Gasteiger partial charge is 0.359 e. The third-order valence-corrected chi connectivity index (χ3v) is 10.3. The van der Waals surface area contributed by atoms with Crippen molar-refractivity contribution in [2.24, 2.45) is 0 Å². The number of aromatic nitrogens is 2. The number of hydrogen-bond donors (Lipinski definition) is 0. The molecule has 1 aliphatic carbocycles. The fraction of sp³-hybridized carbons (Fsp3) is 0.471. The second kappa shape index (κ2) is 10.1. The maximum atomic E-state index is 13.9. The first-order valence-electron chi connectivity index (χ1n) is 15.3. The second-order valence-electron chi connectivity index (χ2n) is 12.7. The number of carbonyl (C=O) groups is 1. The summed E-state index contributed by atoms with van der Waals surface area (Å²) >= 11 is 0. The molecule has 3 atom stereocenters. The lowest BCUT2D eigenvalue weighted by molar-refractivity contribution is 0.0518. The predicted octanol–water partition coefficient (Wildman–Crippen LogP) is 5.87. The monoisotopic (exact) mass is 550 g/mol. The van der Waals surface area contributed by atoms with Gasteiger partial charge < -0.3 is 14.7 Å². The van der Waals surface area contributed by atoms with Crippen LogP contribution < -0.4 is 9.80 Å². The first-order chi connectivity index (χ1) is 19.8. The number of fused-ring (bicyclic) bond motifs is 3. The van der Waals surface area contributed by atoms with Crippen LogP contribution in [-0.2, 0) is 0 Å². The minimum absolute atomic E-state index is 0.0392. The number of hydrogen-bond acceptors (Lipinski definition) is 5. The van der Waals surface area contributed by atoms with E-state index >= 15 is 0 Å². The van der Waals surface area contributed by atoms with E-state index in [0.717, 1.165) is 35.7 Å². The molecule has 7 rings (SSSR count). The smallest absolute Gasteiger partial charge is 0.274 e. The molecule has 214 valence electrons. The summed E-state index contributed by atoms with van der Waals surface area (Å²) in [6, 6.07) is 18.8. The van der Waals surface area contributed by atoms with Crippen molar-refractivity contribution in [3.8, 4) is 16.9 Å². The van der Waals surface area contributed by atoms with Gasteiger partial charge in [-0.2, -0.15) is 5.10 Å². The Hall–Kier alpha value is -3.58. The second-order valence-corrected chi connectivity index (χ2v) is 12.7. The van der Waals surface area contributed by atoms with Gasteiger partial charge in [-0.3, -0.25) is 9.69 Å². The number of aryl methyl sites for hydroxylation is 1. The average Bonchev–Trinajstić information content (AvgIpc) is 3.70. The average molecular weight is 551 g/mol. The summed E-state index contributed by atoms with van der Waals surface area (Å²) in [5.41, 5.74) is 8.28. The van der Waals surface area contributed by atoms with Gasteiger partial charge in [0.05, 0.1) is 28.8 Å². The van der Waals surface area contributed by atoms with E-state index in [9.17, 15) is 4.79 Å². The Kier molecular flexibility index (Phi) is 6.45.